The van der Waals surface area contributed by atoms with Gasteiger partial charge in [-0.15, -0.1) is 0 Å². The molecule has 0 aromatic carbocycles. The van der Waals surface area contributed by atoms with Gasteiger partial charge in [-0.3, -0.25) is 31.5 Å². The molecule has 6 N–H and O–H groups in total. The fraction of sp³-hybridized carbons (Fsp3) is 0. The van der Waals surface area contributed by atoms with Crippen molar-refractivity contribution >= 4 is 0 Å². The van der Waals surface area contributed by atoms with Crippen LogP contribution in [0.15, 0.2) is 0 Å². The van der Waals surface area contributed by atoms with Crippen molar-refractivity contribution in [2.75, 3.05) is 0 Å². The molecule has 0 amide bonds. The van der Waals surface area contributed by atoms with Gasteiger partial charge in [-0.1, -0.05) is 0 Å². The summed E-state index contributed by atoms with van der Waals surface area (Å²) in [5.41, 5.74) is 0. The Labute approximate surface area is 42.9 Å². The van der Waals surface area contributed by atoms with Crippen LogP contribution in [-0.2, 0) is 0 Å². The molecule has 8 heteroatoms. The summed E-state index contributed by atoms with van der Waals surface area (Å²) >= 11 is 0. The van der Waals surface area contributed by atoms with E-state index in [0.717, 1.165) is 0 Å². The zero-order valence-corrected chi connectivity index (χ0v) is 3.50. The highest BCUT2D eigenvalue weighted by Crippen LogP contribution is 0.741. The van der Waals surface area contributed by atoms with E-state index in [2.05, 4.69) is 0 Å². The smallest absolute Gasteiger partial charge is 0 e. The SMILES string of the molecule is O=O.OO.OO.OO. The highest BCUT2D eigenvalue weighted by Gasteiger charge is 0.750. The van der Waals surface area contributed by atoms with Crippen molar-refractivity contribution in [3.05, 3.63) is 9.93 Å². The van der Waals surface area contributed by atoms with Crippen LogP contribution in [0.1, 0.15) is 0 Å². The minimum absolute atomic E-state index is 6.00. The molecular weight excluding hydrogens is 128 g/mol. The molecule has 0 heterocycles. The zero-order valence-electron chi connectivity index (χ0n) is 3.50. The Balaban J connectivity index is -0.0000000133. The Morgan fingerprint density at radius 1 is 0.500 bits per heavy atom. The average Bonchev–Trinajstić information content (AvgIpc) is 2.03. The lowest BCUT2D eigenvalue weighted by Gasteiger charge is -1.25. The first kappa shape index (κ1) is 26.4. The molecule has 8 nitrogen and oxygen atoms in total. The van der Waals surface area contributed by atoms with Gasteiger partial charge in [0.05, 0.1) is 0 Å². The summed E-state index contributed by atoms with van der Waals surface area (Å²) in [5, 5.41) is 36.0. The second kappa shape index (κ2) is 446. The summed E-state index contributed by atoms with van der Waals surface area (Å²) in [6.07, 6.45) is 0. The van der Waals surface area contributed by atoms with Crippen molar-refractivity contribution in [2.24, 2.45) is 0 Å². The van der Waals surface area contributed by atoms with Crippen molar-refractivity contribution < 1.29 is 31.5 Å². The van der Waals surface area contributed by atoms with Crippen LogP contribution in [0.2, 0.25) is 0 Å². The van der Waals surface area contributed by atoms with Crippen LogP contribution in [0.25, 0.3) is 0 Å². The van der Waals surface area contributed by atoms with Gasteiger partial charge in [0, 0.05) is 9.93 Å². The van der Waals surface area contributed by atoms with Crippen LogP contribution >= 0.6 is 0 Å². The van der Waals surface area contributed by atoms with E-state index in [-0.39, 0.29) is 0 Å². The summed E-state index contributed by atoms with van der Waals surface area (Å²) in [5.74, 6) is 0. The molecule has 0 radical (unpaired) electrons. The van der Waals surface area contributed by atoms with E-state index < -0.39 is 0 Å². The Morgan fingerprint density at radius 3 is 0.500 bits per heavy atom. The maximum atomic E-state index is 7.00. The highest BCUT2D eigenvalue weighted by molar-refractivity contribution is 4.07. The lowest BCUT2D eigenvalue weighted by molar-refractivity contribution is -0.176. The predicted octanol–water partition coefficient (Wildman–Crippen LogP) is 0.119. The maximum absolute atomic E-state index is 7.00. The van der Waals surface area contributed by atoms with E-state index in [1.165, 1.54) is 0 Å². The van der Waals surface area contributed by atoms with Gasteiger partial charge in [-0.05, 0) is 0 Å². The van der Waals surface area contributed by atoms with E-state index in [1.807, 2.05) is 0 Å². The Kier molecular flexibility index (Phi) is 1470. The topological polar surface area (TPSA) is 156 Å². The fourth-order valence-electron chi connectivity index (χ4n) is 0. The van der Waals surface area contributed by atoms with E-state index in [4.69, 9.17) is 41.5 Å². The summed E-state index contributed by atoms with van der Waals surface area (Å²) in [6, 6.07) is 0. The predicted molar refractivity (Wildman–Crippen MR) is 22.5 cm³/mol. The molecule has 0 fully saturated rings. The third-order valence-electron chi connectivity index (χ3n) is 0. The van der Waals surface area contributed by atoms with Crippen molar-refractivity contribution in [3.63, 3.8) is 0 Å². The first-order valence-electron chi connectivity index (χ1n) is 0.767. The molecule has 0 saturated carbocycles. The van der Waals surface area contributed by atoms with Crippen molar-refractivity contribution in [3.8, 4) is 0 Å². The van der Waals surface area contributed by atoms with Crippen LogP contribution in [-0.4, -0.2) is 31.5 Å². The molecular formula is H6O8. The largest absolute Gasteiger partial charge is 0.255 e. The minimum atomic E-state index is 6.00. The highest BCUT2D eigenvalue weighted by atomic mass is 17.0. The van der Waals surface area contributed by atoms with Crippen molar-refractivity contribution in [1.29, 1.82) is 0 Å². The normalized spacial score (nSPS) is 2.75. The summed E-state index contributed by atoms with van der Waals surface area (Å²) in [4.78, 5) is 14.0. The van der Waals surface area contributed by atoms with Gasteiger partial charge in [-0.25, -0.2) is 0 Å². The Hall–Kier alpha value is -0.640. The van der Waals surface area contributed by atoms with E-state index in [0.29, 0.717) is 0 Å². The molecule has 0 aromatic rings. The Morgan fingerprint density at radius 2 is 0.500 bits per heavy atom. The van der Waals surface area contributed by atoms with Crippen LogP contribution in [0.5, 0.6) is 0 Å². The average molecular weight is 134 g/mol. The molecule has 0 aliphatic rings. The molecule has 8 heavy (non-hydrogen) atoms. The molecule has 0 atom stereocenters. The monoisotopic (exact) mass is 134 g/mol. The molecule has 0 rings (SSSR count). The number of hydrogen-bond donors (Lipinski definition) is 6. The molecule has 0 aliphatic heterocycles. The molecule has 54 valence electrons. The molecule has 0 spiro atoms. The van der Waals surface area contributed by atoms with Gasteiger partial charge >= 0.3 is 0 Å². The zero-order chi connectivity index (χ0) is 8.00. The standard InChI is InChI=1S/3H2O2.O2/c4*1-2/h3*1-2H;. The molecule has 0 unspecified atom stereocenters. The fourth-order valence-corrected chi connectivity index (χ4v) is 0. The van der Waals surface area contributed by atoms with E-state index in [9.17, 15) is 0 Å². The van der Waals surface area contributed by atoms with Gasteiger partial charge in [0.1, 0.15) is 0 Å². The molecule has 0 saturated heterocycles. The van der Waals surface area contributed by atoms with Crippen LogP contribution in [0.3, 0.4) is 0 Å². The lowest BCUT2D eigenvalue weighted by Crippen LogP contribution is -1.29. The second-order valence-corrected chi connectivity index (χ2v) is 0. The summed E-state index contributed by atoms with van der Waals surface area (Å²) < 4.78 is 0. The van der Waals surface area contributed by atoms with E-state index >= 15 is 0 Å². The molecule has 0 aliphatic carbocycles. The van der Waals surface area contributed by atoms with Crippen LogP contribution < -0.4 is 0 Å². The van der Waals surface area contributed by atoms with Gasteiger partial charge < -0.3 is 0 Å². The van der Waals surface area contributed by atoms with E-state index in [1.54, 1.807) is 0 Å². The van der Waals surface area contributed by atoms with Crippen LogP contribution in [0, 0.1) is 9.93 Å². The van der Waals surface area contributed by atoms with Gasteiger partial charge in [0.25, 0.3) is 0 Å². The molecule has 0 aromatic heterocycles. The number of hydrogen-bond acceptors (Lipinski definition) is 8. The summed E-state index contributed by atoms with van der Waals surface area (Å²) in [7, 11) is 0. The quantitative estimate of drug-likeness (QED) is 0.201. The second-order valence-electron chi connectivity index (χ2n) is 0. The number of rotatable bonds is 0. The maximum Gasteiger partial charge on any atom is 0 e. The molecule has 0 bridgehead atoms. The lowest BCUT2D eigenvalue weighted by atomic mass is 15.0. The van der Waals surface area contributed by atoms with Crippen molar-refractivity contribution in [1.82, 2.24) is 0 Å². The van der Waals surface area contributed by atoms with Crippen LogP contribution in [0.4, 0.5) is 0 Å². The first-order valence-corrected chi connectivity index (χ1v) is 0.767. The van der Waals surface area contributed by atoms with Crippen molar-refractivity contribution in [2.45, 2.75) is 0 Å². The van der Waals surface area contributed by atoms with Gasteiger partial charge in [0.2, 0.25) is 0 Å². The third kappa shape index (κ3) is 249. The van der Waals surface area contributed by atoms with Gasteiger partial charge in [0.15, 0.2) is 0 Å². The summed E-state index contributed by atoms with van der Waals surface area (Å²) in [6.45, 7) is 0. The minimum Gasteiger partial charge on any atom is -0.255 e. The Bertz CT molecular complexity index is 0. The third-order valence-corrected chi connectivity index (χ3v) is 0. The first-order chi connectivity index (χ1) is 4.00. The van der Waals surface area contributed by atoms with Gasteiger partial charge in [-0.2, -0.15) is 0 Å².